The van der Waals surface area contributed by atoms with Crippen molar-refractivity contribution in [3.63, 3.8) is 0 Å². The number of unbranched alkanes of at least 4 members (excludes halogenated alkanes) is 52. The quantitative estimate of drug-likeness (QED) is 0.0323. The van der Waals surface area contributed by atoms with E-state index in [1.807, 2.05) is 0 Å². The molecule has 0 heterocycles. The number of hydrogen-bond donors (Lipinski definition) is 0. The highest BCUT2D eigenvalue weighted by Crippen LogP contribution is 2.60. The van der Waals surface area contributed by atoms with Crippen molar-refractivity contribution in [3.8, 4) is 0 Å². The molecule has 0 saturated carbocycles. The standard InChI is InChI=1S/4C22H48P.4FH/c4*1-5-9-10-11-12-13-14-15-16-17-18-19-20-21-22-23(6-2,7-3)8-4;;;;/h4*5-22H2,1-4H3;4*1H/q4*+1;;;;/p-4. The monoisotopic (exact) mass is 1450 g/mol. The lowest BCUT2D eigenvalue weighted by Gasteiger charge is -2.23. The molecular formula is C88H192F4P4. The summed E-state index contributed by atoms with van der Waals surface area (Å²) in [7, 11) is -2.09. The molecule has 0 radical (unpaired) electrons. The van der Waals surface area contributed by atoms with Crippen LogP contribution in [0.15, 0.2) is 0 Å². The molecule has 0 fully saturated rings. The number of halogens is 4. The molecule has 0 saturated heterocycles. The minimum atomic E-state index is -0.523. The van der Waals surface area contributed by atoms with E-state index in [0.717, 1.165) is 0 Å². The Bertz CT molecular complexity index is 1060. The van der Waals surface area contributed by atoms with E-state index < -0.39 is 29.0 Å². The molecular weight excluding hydrogens is 1260 g/mol. The fraction of sp³-hybridized carbons (Fsp3) is 1.00. The Kier molecular flexibility index (Phi) is 109. The van der Waals surface area contributed by atoms with Crippen LogP contribution in [0.3, 0.4) is 0 Å². The second kappa shape index (κ2) is 92.5. The SMILES string of the molecule is CCCCCCCCCCCCCCCC[P+](CC)(CC)CC.CCCCCCCCCCCCCCCC[P+](CC)(CC)CC.CCCCCCCCCCCCCCCC[P+](CC)(CC)CC.CCCCCCCCCCCCCCCC[P+](CC)(CC)CC.[F-].[F-].[F-].[F-]. The van der Waals surface area contributed by atoms with Gasteiger partial charge in [-0.25, -0.2) is 0 Å². The van der Waals surface area contributed by atoms with Crippen LogP contribution < -0.4 is 18.8 Å². The predicted molar refractivity (Wildman–Crippen MR) is 455 cm³/mol. The summed E-state index contributed by atoms with van der Waals surface area (Å²) >= 11 is 0. The lowest BCUT2D eigenvalue weighted by atomic mass is 10.0. The van der Waals surface area contributed by atoms with Crippen molar-refractivity contribution in [1.82, 2.24) is 0 Å². The second-order valence-electron chi connectivity index (χ2n) is 30.4. The second-order valence-corrected chi connectivity index (χ2v) is 50.6. The van der Waals surface area contributed by atoms with E-state index in [1.54, 1.807) is 24.6 Å². The van der Waals surface area contributed by atoms with Gasteiger partial charge in [-0.05, 0) is 134 Å². The molecule has 0 amide bonds. The average Bonchev–Trinajstić information content (AvgIpc) is 3.79. The predicted octanol–water partition coefficient (Wildman–Crippen LogP) is 22.2. The molecule has 0 atom stereocenters. The molecule has 0 aliphatic carbocycles. The van der Waals surface area contributed by atoms with E-state index >= 15 is 0 Å². The third-order valence-corrected chi connectivity index (χ3v) is 45.2. The zero-order valence-electron chi connectivity index (χ0n) is 70.2. The van der Waals surface area contributed by atoms with Crippen molar-refractivity contribution in [2.75, 3.05) is 98.6 Å². The van der Waals surface area contributed by atoms with Gasteiger partial charge in [-0.2, -0.15) is 0 Å². The average molecular weight is 1450 g/mol. The van der Waals surface area contributed by atoms with Crippen LogP contribution in [0.4, 0.5) is 0 Å². The fourth-order valence-corrected chi connectivity index (χ4v) is 27.9. The molecule has 0 aromatic heterocycles. The number of hydrogen-bond acceptors (Lipinski definition) is 0. The van der Waals surface area contributed by atoms with Gasteiger partial charge in [0.1, 0.15) is 0 Å². The zero-order valence-corrected chi connectivity index (χ0v) is 73.8. The lowest BCUT2D eigenvalue weighted by molar-refractivity contribution is -0.00100. The highest BCUT2D eigenvalue weighted by atomic mass is 31.2. The largest absolute Gasteiger partial charge is 1.00 e. The van der Waals surface area contributed by atoms with Crippen LogP contribution in [0, 0.1) is 0 Å². The summed E-state index contributed by atoms with van der Waals surface area (Å²) in [4.78, 5) is 0. The van der Waals surface area contributed by atoms with Crippen molar-refractivity contribution in [2.24, 2.45) is 0 Å². The number of rotatable bonds is 72. The molecule has 0 nitrogen and oxygen atoms in total. The van der Waals surface area contributed by atoms with Gasteiger partial charge in [0.2, 0.25) is 0 Å². The Hall–Kier alpha value is 1.44. The van der Waals surface area contributed by atoms with Crippen molar-refractivity contribution < 1.29 is 18.8 Å². The van der Waals surface area contributed by atoms with Gasteiger partial charge in [-0.15, -0.1) is 0 Å². The maximum Gasteiger partial charge on any atom is 0.0594 e. The molecule has 8 heteroatoms. The van der Waals surface area contributed by atoms with E-state index in [-0.39, 0.29) is 18.8 Å². The summed E-state index contributed by atoms with van der Waals surface area (Å²) in [5.41, 5.74) is 0. The Morgan fingerprint density at radius 2 is 0.177 bits per heavy atom. The van der Waals surface area contributed by atoms with Gasteiger partial charge >= 0.3 is 0 Å². The molecule has 96 heavy (non-hydrogen) atoms. The molecule has 0 bridgehead atoms. The molecule has 0 aliphatic rings. The molecule has 0 aromatic carbocycles. The maximum atomic E-state index is 2.44. The topological polar surface area (TPSA) is 0 Å². The van der Waals surface area contributed by atoms with Crippen LogP contribution in [0.2, 0.25) is 0 Å². The summed E-state index contributed by atoms with van der Waals surface area (Å²) in [5.74, 6) is 0. The van der Waals surface area contributed by atoms with Crippen LogP contribution in [0.25, 0.3) is 0 Å². The van der Waals surface area contributed by atoms with E-state index in [9.17, 15) is 0 Å². The van der Waals surface area contributed by atoms with Gasteiger partial charge in [0.05, 0.1) is 98.6 Å². The molecule has 0 rings (SSSR count). The van der Waals surface area contributed by atoms with Gasteiger partial charge < -0.3 is 18.8 Å². The van der Waals surface area contributed by atoms with Gasteiger partial charge in [0.25, 0.3) is 0 Å². The lowest BCUT2D eigenvalue weighted by Crippen LogP contribution is -3.00. The first-order valence-corrected chi connectivity index (χ1v) is 54.5. The van der Waals surface area contributed by atoms with Gasteiger partial charge in [-0.1, -0.05) is 336 Å². The van der Waals surface area contributed by atoms with E-state index in [0.29, 0.717) is 0 Å². The molecule has 0 aliphatic heterocycles. The Morgan fingerprint density at radius 1 is 0.104 bits per heavy atom. The Labute approximate surface area is 613 Å². The van der Waals surface area contributed by atoms with Crippen LogP contribution in [-0.2, 0) is 0 Å². The normalized spacial score (nSPS) is 11.5. The summed E-state index contributed by atoms with van der Waals surface area (Å²) in [6.07, 6.45) is 107. The first-order chi connectivity index (χ1) is 45.0. The Balaban J connectivity index is -0.000000177. The van der Waals surface area contributed by atoms with E-state index in [1.165, 1.54) is 434 Å². The first-order valence-electron chi connectivity index (χ1n) is 44.4. The molecule has 592 valence electrons. The van der Waals surface area contributed by atoms with E-state index in [4.69, 9.17) is 0 Å². The first kappa shape index (κ1) is 113. The van der Waals surface area contributed by atoms with Crippen LogP contribution in [0.5, 0.6) is 0 Å². The van der Waals surface area contributed by atoms with E-state index in [2.05, 4.69) is 111 Å². The van der Waals surface area contributed by atoms with Crippen molar-refractivity contribution in [3.05, 3.63) is 0 Å². The highest BCUT2D eigenvalue weighted by molar-refractivity contribution is 7.76. The zero-order chi connectivity index (χ0) is 68.9. The van der Waals surface area contributed by atoms with Crippen LogP contribution in [0.1, 0.15) is 470 Å². The van der Waals surface area contributed by atoms with Gasteiger partial charge in [0, 0.05) is 29.0 Å². The summed E-state index contributed by atoms with van der Waals surface area (Å²) in [5, 5.41) is 0. The summed E-state index contributed by atoms with van der Waals surface area (Å²) in [6, 6.07) is 0. The Morgan fingerprint density at radius 3 is 0.250 bits per heavy atom. The fourth-order valence-electron chi connectivity index (χ4n) is 15.1. The molecule has 0 N–H and O–H groups in total. The summed E-state index contributed by atoms with van der Waals surface area (Å²) < 4.78 is 0. The smallest absolute Gasteiger partial charge is 0.0594 e. The third kappa shape index (κ3) is 76.6. The van der Waals surface area contributed by atoms with Crippen LogP contribution >= 0.6 is 29.0 Å². The highest BCUT2D eigenvalue weighted by Gasteiger charge is 2.32. The van der Waals surface area contributed by atoms with Crippen molar-refractivity contribution in [2.45, 2.75) is 470 Å². The molecule has 0 aromatic rings. The summed E-state index contributed by atoms with van der Waals surface area (Å²) in [6.45, 7) is 38.4. The van der Waals surface area contributed by atoms with Crippen molar-refractivity contribution in [1.29, 1.82) is 0 Å². The minimum Gasteiger partial charge on any atom is -1.00 e. The maximum absolute atomic E-state index is 2.44. The van der Waals surface area contributed by atoms with Crippen LogP contribution in [-0.4, -0.2) is 98.6 Å². The minimum absolute atomic E-state index is 0. The molecule has 0 spiro atoms. The van der Waals surface area contributed by atoms with Gasteiger partial charge in [0.15, 0.2) is 0 Å². The van der Waals surface area contributed by atoms with Gasteiger partial charge in [-0.3, -0.25) is 0 Å². The third-order valence-electron chi connectivity index (χ3n) is 24.0. The molecule has 0 unspecified atom stereocenters. The van der Waals surface area contributed by atoms with Crippen molar-refractivity contribution >= 4 is 29.0 Å².